The van der Waals surface area contributed by atoms with Crippen molar-refractivity contribution in [2.24, 2.45) is 23.7 Å². The Morgan fingerprint density at radius 3 is 2.27 bits per heavy atom. The Bertz CT molecular complexity index is 886. The minimum Gasteiger partial charge on any atom is -0.469 e. The van der Waals surface area contributed by atoms with Crippen molar-refractivity contribution >= 4 is 23.5 Å². The number of benzene rings is 2. The lowest BCUT2D eigenvalue weighted by Gasteiger charge is -2.26. The Balaban J connectivity index is 1.40. The number of hydrogen-bond acceptors (Lipinski definition) is 3. The molecule has 1 N–H and O–H groups in total. The average molecular weight is 426 g/mol. The van der Waals surface area contributed by atoms with Gasteiger partial charge in [-0.2, -0.15) is 0 Å². The number of esters is 1. The van der Waals surface area contributed by atoms with Gasteiger partial charge in [0, 0.05) is 16.6 Å². The van der Waals surface area contributed by atoms with Gasteiger partial charge in [0.2, 0.25) is 0 Å². The molecule has 2 unspecified atom stereocenters. The lowest BCUT2D eigenvalue weighted by molar-refractivity contribution is -0.144. The molecule has 1 amide bonds. The van der Waals surface area contributed by atoms with Gasteiger partial charge in [0.1, 0.15) is 0 Å². The summed E-state index contributed by atoms with van der Waals surface area (Å²) in [5.74, 6) is 1.55. The third-order valence-corrected chi connectivity index (χ3v) is 7.21. The van der Waals surface area contributed by atoms with Crippen LogP contribution in [0.3, 0.4) is 0 Å². The van der Waals surface area contributed by atoms with E-state index >= 15 is 0 Å². The van der Waals surface area contributed by atoms with Crippen molar-refractivity contribution in [1.29, 1.82) is 0 Å². The van der Waals surface area contributed by atoms with Crippen molar-refractivity contribution < 1.29 is 14.3 Å². The molecule has 2 aliphatic rings. The summed E-state index contributed by atoms with van der Waals surface area (Å²) in [6.45, 7) is 2.12. The lowest BCUT2D eigenvalue weighted by Crippen LogP contribution is -2.37. The first-order valence-electron chi connectivity index (χ1n) is 10.7. The molecule has 158 valence electrons. The van der Waals surface area contributed by atoms with E-state index in [1.807, 2.05) is 30.3 Å². The number of carbonyl (C=O) groups is 2. The molecule has 30 heavy (non-hydrogen) atoms. The molecular weight excluding hydrogens is 398 g/mol. The number of halogens is 1. The molecule has 5 heteroatoms. The van der Waals surface area contributed by atoms with Crippen LogP contribution in [-0.2, 0) is 9.53 Å². The van der Waals surface area contributed by atoms with Crippen molar-refractivity contribution in [1.82, 2.24) is 5.32 Å². The van der Waals surface area contributed by atoms with Crippen LogP contribution in [0, 0.1) is 23.7 Å². The van der Waals surface area contributed by atoms with Gasteiger partial charge >= 0.3 is 5.97 Å². The highest BCUT2D eigenvalue weighted by molar-refractivity contribution is 6.30. The summed E-state index contributed by atoms with van der Waals surface area (Å²) < 4.78 is 5.13. The summed E-state index contributed by atoms with van der Waals surface area (Å²) >= 11 is 5.93. The highest BCUT2D eigenvalue weighted by Gasteiger charge is 2.60. The van der Waals surface area contributed by atoms with E-state index in [0.717, 1.165) is 24.8 Å². The molecule has 2 fully saturated rings. The number of nitrogens with one attached hydrogen (secondary N) is 1. The number of methoxy groups -OCH3 is 1. The van der Waals surface area contributed by atoms with Crippen LogP contribution in [-0.4, -0.2) is 25.0 Å². The molecule has 0 heterocycles. The van der Waals surface area contributed by atoms with Crippen LogP contribution >= 0.6 is 11.6 Å². The molecule has 0 radical (unpaired) electrons. The van der Waals surface area contributed by atoms with Crippen LogP contribution in [0.5, 0.6) is 0 Å². The second kappa shape index (κ2) is 8.81. The number of ether oxygens (including phenoxy) is 1. The number of hydrogen-bond donors (Lipinski definition) is 1. The summed E-state index contributed by atoms with van der Waals surface area (Å²) in [6.07, 6.45) is 2.93. The zero-order chi connectivity index (χ0) is 21.3. The molecule has 2 aromatic carbocycles. The van der Waals surface area contributed by atoms with Gasteiger partial charge in [-0.05, 0) is 72.8 Å². The molecule has 2 aromatic rings. The Hall–Kier alpha value is -2.33. The highest BCUT2D eigenvalue weighted by atomic mass is 35.5. The Kier molecular flexibility index (Phi) is 6.14. The van der Waals surface area contributed by atoms with Gasteiger partial charge in [-0.3, -0.25) is 9.59 Å². The number of amides is 1. The first-order chi connectivity index (χ1) is 14.5. The van der Waals surface area contributed by atoms with E-state index < -0.39 is 0 Å². The molecule has 2 aliphatic carbocycles. The molecule has 2 saturated carbocycles. The standard InChI is InChI=1S/C25H28ClNO3/c1-3-21(27-24(28)16-9-11-18(26)12-10-16)23-19-13-17(14-20(19)23)22(25(29)30-2)15-7-5-4-6-8-15/h4-12,17,19-23H,3,13-14H2,1-2H3,(H,27,28)/t17?,19-,20+,21-,22-,23?/m0/s1. The van der Waals surface area contributed by atoms with E-state index in [9.17, 15) is 9.59 Å². The van der Waals surface area contributed by atoms with Gasteiger partial charge in [-0.15, -0.1) is 0 Å². The molecule has 0 aliphatic heterocycles. The summed E-state index contributed by atoms with van der Waals surface area (Å²) in [5, 5.41) is 3.85. The highest BCUT2D eigenvalue weighted by Crippen LogP contribution is 2.63. The SMILES string of the molecule is CC[C@H](NC(=O)c1ccc(Cl)cc1)C1[C@H]2CC([C@@H](C(=O)OC)c3ccccc3)C[C@@H]12. The van der Waals surface area contributed by atoms with Crippen LogP contribution in [0.4, 0.5) is 0 Å². The zero-order valence-corrected chi connectivity index (χ0v) is 18.1. The van der Waals surface area contributed by atoms with Crippen molar-refractivity contribution in [2.45, 2.75) is 38.1 Å². The topological polar surface area (TPSA) is 55.4 Å². The predicted octanol–water partition coefficient (Wildman–Crippen LogP) is 5.08. The second-order valence-corrected chi connectivity index (χ2v) is 8.98. The number of fused-ring (bicyclic) bond motifs is 1. The lowest BCUT2D eigenvalue weighted by atomic mass is 9.81. The van der Waals surface area contributed by atoms with Gasteiger partial charge in [-0.25, -0.2) is 0 Å². The van der Waals surface area contributed by atoms with Crippen molar-refractivity contribution in [3.63, 3.8) is 0 Å². The normalized spacial score (nSPS) is 26.4. The molecule has 4 rings (SSSR count). The van der Waals surface area contributed by atoms with Gasteiger partial charge in [0.15, 0.2) is 0 Å². The van der Waals surface area contributed by atoms with E-state index in [1.165, 1.54) is 7.11 Å². The van der Waals surface area contributed by atoms with Gasteiger partial charge < -0.3 is 10.1 Å². The van der Waals surface area contributed by atoms with E-state index in [2.05, 4.69) is 12.2 Å². The van der Waals surface area contributed by atoms with Crippen LogP contribution in [0.2, 0.25) is 5.02 Å². The van der Waals surface area contributed by atoms with E-state index in [0.29, 0.717) is 34.3 Å². The van der Waals surface area contributed by atoms with Crippen LogP contribution in [0.25, 0.3) is 0 Å². The first-order valence-corrected chi connectivity index (χ1v) is 11.1. The molecule has 0 saturated heterocycles. The minimum absolute atomic E-state index is 0.0447. The molecule has 6 atom stereocenters. The number of carbonyl (C=O) groups excluding carboxylic acids is 2. The smallest absolute Gasteiger partial charge is 0.313 e. The maximum Gasteiger partial charge on any atom is 0.313 e. The fourth-order valence-corrected chi connectivity index (χ4v) is 5.64. The van der Waals surface area contributed by atoms with Crippen molar-refractivity contribution in [3.05, 3.63) is 70.7 Å². The maximum atomic E-state index is 12.6. The summed E-state index contributed by atoms with van der Waals surface area (Å²) in [6, 6.07) is 17.1. The Labute approximate surface area is 183 Å². The molecule has 0 aromatic heterocycles. The van der Waals surface area contributed by atoms with E-state index in [-0.39, 0.29) is 23.8 Å². The molecular formula is C25H28ClNO3. The average Bonchev–Trinajstić information content (AvgIpc) is 3.25. The fraction of sp³-hybridized carbons (Fsp3) is 0.440. The van der Waals surface area contributed by atoms with Crippen LogP contribution in [0.1, 0.15) is 48.0 Å². The second-order valence-electron chi connectivity index (χ2n) is 8.54. The van der Waals surface area contributed by atoms with Gasteiger partial charge in [-0.1, -0.05) is 48.9 Å². The monoisotopic (exact) mass is 425 g/mol. The minimum atomic E-state index is -0.201. The summed E-state index contributed by atoms with van der Waals surface area (Å²) in [5.41, 5.74) is 1.67. The summed E-state index contributed by atoms with van der Waals surface area (Å²) in [4.78, 5) is 25.2. The van der Waals surface area contributed by atoms with Crippen molar-refractivity contribution in [2.75, 3.05) is 7.11 Å². The zero-order valence-electron chi connectivity index (χ0n) is 17.4. The van der Waals surface area contributed by atoms with E-state index in [4.69, 9.17) is 16.3 Å². The molecule has 4 nitrogen and oxygen atoms in total. The van der Waals surface area contributed by atoms with Crippen LogP contribution in [0.15, 0.2) is 54.6 Å². The maximum absolute atomic E-state index is 12.6. The van der Waals surface area contributed by atoms with Gasteiger partial charge in [0.25, 0.3) is 5.91 Å². The third kappa shape index (κ3) is 4.11. The Morgan fingerprint density at radius 1 is 1.07 bits per heavy atom. The quantitative estimate of drug-likeness (QED) is 0.629. The van der Waals surface area contributed by atoms with E-state index in [1.54, 1.807) is 24.3 Å². The fourth-order valence-electron chi connectivity index (χ4n) is 5.51. The predicted molar refractivity (Wildman–Crippen MR) is 117 cm³/mol. The third-order valence-electron chi connectivity index (χ3n) is 6.96. The summed E-state index contributed by atoms with van der Waals surface area (Å²) in [7, 11) is 1.47. The molecule has 0 bridgehead atoms. The van der Waals surface area contributed by atoms with Crippen molar-refractivity contribution in [3.8, 4) is 0 Å². The van der Waals surface area contributed by atoms with Gasteiger partial charge in [0.05, 0.1) is 13.0 Å². The largest absolute Gasteiger partial charge is 0.469 e. The first kappa shape index (κ1) is 20.9. The Morgan fingerprint density at radius 2 is 1.70 bits per heavy atom. The molecule has 0 spiro atoms. The van der Waals surface area contributed by atoms with Crippen LogP contribution < -0.4 is 5.32 Å². The number of rotatable bonds is 7.